The summed E-state index contributed by atoms with van der Waals surface area (Å²) in [6.07, 6.45) is 3.80. The third kappa shape index (κ3) is 2.81. The molecule has 1 unspecified atom stereocenters. The molecule has 3 N–H and O–H groups in total. The molecule has 19 heavy (non-hydrogen) atoms. The van der Waals surface area contributed by atoms with Crippen LogP contribution in [0, 0.1) is 11.3 Å². The second-order valence-electron chi connectivity index (χ2n) is 5.62. The van der Waals surface area contributed by atoms with Gasteiger partial charge in [-0.15, -0.1) is 0 Å². The summed E-state index contributed by atoms with van der Waals surface area (Å²) in [5, 5.41) is 3.00. The van der Waals surface area contributed by atoms with E-state index in [4.69, 9.17) is 22.4 Å². The highest BCUT2D eigenvalue weighted by Crippen LogP contribution is 2.46. The lowest BCUT2D eigenvalue weighted by Gasteiger charge is -2.44. The lowest BCUT2D eigenvalue weighted by molar-refractivity contribution is -0.133. The van der Waals surface area contributed by atoms with Crippen molar-refractivity contribution in [2.75, 3.05) is 0 Å². The van der Waals surface area contributed by atoms with E-state index in [-0.39, 0.29) is 11.9 Å². The number of nitrogens with two attached hydrogens (primary N) is 1. The number of furan rings is 1. The first-order chi connectivity index (χ1) is 8.94. The van der Waals surface area contributed by atoms with E-state index in [1.54, 1.807) is 6.26 Å². The number of carbonyl (C=O) groups is 1. The van der Waals surface area contributed by atoms with E-state index in [0.29, 0.717) is 17.3 Å². The molecule has 1 aliphatic carbocycles. The zero-order valence-electron chi connectivity index (χ0n) is 11.3. The van der Waals surface area contributed by atoms with E-state index < -0.39 is 5.41 Å². The minimum Gasteiger partial charge on any atom is -0.469 e. The smallest absolute Gasteiger partial charge is 0.233 e. The maximum absolute atomic E-state index is 12.4. The van der Waals surface area contributed by atoms with Crippen molar-refractivity contribution < 1.29 is 9.21 Å². The van der Waals surface area contributed by atoms with Gasteiger partial charge in [-0.3, -0.25) is 4.79 Å². The fourth-order valence-electron chi connectivity index (χ4n) is 2.77. The highest BCUT2D eigenvalue weighted by atomic mass is 32.1. The average Bonchev–Trinajstić information content (AvgIpc) is 2.76. The largest absolute Gasteiger partial charge is 0.469 e. The van der Waals surface area contributed by atoms with Crippen LogP contribution < -0.4 is 11.1 Å². The van der Waals surface area contributed by atoms with Gasteiger partial charge in [0.2, 0.25) is 5.91 Å². The fraction of sp³-hybridized carbons (Fsp3) is 0.571. The normalized spacial score (nSPS) is 27.4. The van der Waals surface area contributed by atoms with Gasteiger partial charge in [0.05, 0.1) is 16.7 Å². The molecule has 4 nitrogen and oxygen atoms in total. The Morgan fingerprint density at radius 1 is 1.68 bits per heavy atom. The Hall–Kier alpha value is -1.36. The van der Waals surface area contributed by atoms with Crippen molar-refractivity contribution in [1.29, 1.82) is 0 Å². The van der Waals surface area contributed by atoms with Gasteiger partial charge >= 0.3 is 0 Å². The summed E-state index contributed by atoms with van der Waals surface area (Å²) in [7, 11) is 0. The van der Waals surface area contributed by atoms with E-state index in [9.17, 15) is 4.79 Å². The Balaban J connectivity index is 1.94. The minimum atomic E-state index is -0.633. The first kappa shape index (κ1) is 14.1. The van der Waals surface area contributed by atoms with Crippen LogP contribution in [0.25, 0.3) is 0 Å². The molecule has 1 fully saturated rings. The molecule has 1 aromatic heterocycles. The van der Waals surface area contributed by atoms with Gasteiger partial charge in [0.25, 0.3) is 0 Å². The predicted octanol–water partition coefficient (Wildman–Crippen LogP) is 2.03. The lowest BCUT2D eigenvalue weighted by atomic mass is 9.62. The molecule has 5 heteroatoms. The van der Waals surface area contributed by atoms with E-state index in [0.717, 1.165) is 18.6 Å². The molecule has 1 aromatic rings. The molecule has 1 atom stereocenters. The Morgan fingerprint density at radius 2 is 2.37 bits per heavy atom. The third-order valence-electron chi connectivity index (χ3n) is 3.77. The van der Waals surface area contributed by atoms with Crippen LogP contribution >= 0.6 is 12.2 Å². The van der Waals surface area contributed by atoms with E-state index >= 15 is 0 Å². The zero-order valence-corrected chi connectivity index (χ0v) is 12.1. The minimum absolute atomic E-state index is 0.000723. The summed E-state index contributed by atoms with van der Waals surface area (Å²) >= 11 is 5.08. The van der Waals surface area contributed by atoms with Gasteiger partial charge in [-0.05, 0) is 37.8 Å². The van der Waals surface area contributed by atoms with Crippen LogP contribution in [0.3, 0.4) is 0 Å². The molecular weight excluding hydrogens is 260 g/mol. The molecule has 1 aliphatic rings. The van der Waals surface area contributed by atoms with Crippen molar-refractivity contribution in [1.82, 2.24) is 5.32 Å². The molecule has 0 saturated heterocycles. The number of nitrogens with one attached hydrogen (secondary N) is 1. The third-order valence-corrected chi connectivity index (χ3v) is 4.16. The summed E-state index contributed by atoms with van der Waals surface area (Å²) in [6, 6.07) is 3.74. The molecule has 0 aromatic carbocycles. The molecular formula is C14H20N2O2S. The Bertz CT molecular complexity index is 464. The molecule has 0 bridgehead atoms. The first-order valence-corrected chi connectivity index (χ1v) is 6.98. The van der Waals surface area contributed by atoms with E-state index in [1.807, 2.05) is 19.1 Å². The standard InChI is InChI=1S/C14H20N2O2S/c1-9-7-14(8-9,12(15)19)13(17)16-10(2)6-11-4-3-5-18-11/h3-5,9-10H,6-8H2,1-2H3,(H2,15,19)(H,16,17). The SMILES string of the molecule is CC1CC(C(=O)NC(C)Cc2ccco2)(C(N)=S)C1. The van der Waals surface area contributed by atoms with Crippen molar-refractivity contribution >= 4 is 23.1 Å². The highest BCUT2D eigenvalue weighted by Gasteiger charge is 2.50. The van der Waals surface area contributed by atoms with Crippen LogP contribution in [0.2, 0.25) is 0 Å². The predicted molar refractivity (Wildman–Crippen MR) is 77.6 cm³/mol. The van der Waals surface area contributed by atoms with Crippen LogP contribution in [0.5, 0.6) is 0 Å². The van der Waals surface area contributed by atoms with E-state index in [1.165, 1.54) is 0 Å². The van der Waals surface area contributed by atoms with Crippen LogP contribution in [0.1, 0.15) is 32.4 Å². The van der Waals surface area contributed by atoms with Gasteiger partial charge in [-0.25, -0.2) is 0 Å². The Labute approximate surface area is 118 Å². The summed E-state index contributed by atoms with van der Waals surface area (Å²) in [4.78, 5) is 12.7. The molecule has 1 saturated carbocycles. The van der Waals surface area contributed by atoms with Gasteiger partial charge in [-0.2, -0.15) is 0 Å². The van der Waals surface area contributed by atoms with Crippen molar-refractivity contribution in [3.63, 3.8) is 0 Å². The molecule has 1 heterocycles. The van der Waals surface area contributed by atoms with Crippen molar-refractivity contribution in [3.8, 4) is 0 Å². The number of hydrogen-bond acceptors (Lipinski definition) is 3. The molecule has 2 rings (SSSR count). The van der Waals surface area contributed by atoms with Gasteiger partial charge in [0.1, 0.15) is 5.76 Å². The van der Waals surface area contributed by atoms with Crippen LogP contribution in [-0.4, -0.2) is 16.9 Å². The number of hydrogen-bond donors (Lipinski definition) is 2. The van der Waals surface area contributed by atoms with Gasteiger partial charge in [-0.1, -0.05) is 19.1 Å². The van der Waals surface area contributed by atoms with Crippen LogP contribution in [-0.2, 0) is 11.2 Å². The molecule has 0 radical (unpaired) electrons. The van der Waals surface area contributed by atoms with Crippen molar-refractivity contribution in [2.45, 2.75) is 39.2 Å². The van der Waals surface area contributed by atoms with Crippen molar-refractivity contribution in [3.05, 3.63) is 24.2 Å². The molecule has 104 valence electrons. The maximum atomic E-state index is 12.4. The second kappa shape index (κ2) is 5.33. The summed E-state index contributed by atoms with van der Waals surface area (Å²) in [5.41, 5.74) is 5.13. The number of amides is 1. The Morgan fingerprint density at radius 3 is 2.84 bits per heavy atom. The summed E-state index contributed by atoms with van der Waals surface area (Å²) < 4.78 is 5.27. The second-order valence-corrected chi connectivity index (χ2v) is 6.06. The Kier molecular flexibility index (Phi) is 3.94. The summed E-state index contributed by atoms with van der Waals surface area (Å²) in [6.45, 7) is 4.06. The fourth-order valence-corrected chi connectivity index (χ4v) is 3.03. The van der Waals surface area contributed by atoms with E-state index in [2.05, 4.69) is 12.2 Å². The average molecular weight is 280 g/mol. The molecule has 0 aliphatic heterocycles. The van der Waals surface area contributed by atoms with Crippen LogP contribution in [0.4, 0.5) is 0 Å². The highest BCUT2D eigenvalue weighted by molar-refractivity contribution is 7.80. The number of thiocarbonyl (C=S) groups is 1. The summed E-state index contributed by atoms with van der Waals surface area (Å²) in [5.74, 6) is 1.32. The topological polar surface area (TPSA) is 68.3 Å². The first-order valence-electron chi connectivity index (χ1n) is 6.57. The number of rotatable bonds is 5. The quantitative estimate of drug-likeness (QED) is 0.810. The van der Waals surface area contributed by atoms with Gasteiger partial charge in [0, 0.05) is 12.5 Å². The maximum Gasteiger partial charge on any atom is 0.233 e. The monoisotopic (exact) mass is 280 g/mol. The zero-order chi connectivity index (χ0) is 14.0. The van der Waals surface area contributed by atoms with Crippen molar-refractivity contribution in [2.24, 2.45) is 17.1 Å². The number of carbonyl (C=O) groups excluding carboxylic acids is 1. The van der Waals surface area contributed by atoms with Crippen LogP contribution in [0.15, 0.2) is 22.8 Å². The molecule has 0 spiro atoms. The van der Waals surface area contributed by atoms with Gasteiger partial charge < -0.3 is 15.5 Å². The molecule has 1 amide bonds. The van der Waals surface area contributed by atoms with Gasteiger partial charge in [0.15, 0.2) is 0 Å². The lowest BCUT2D eigenvalue weighted by Crippen LogP contribution is -2.57.